The number of nitrogens with zero attached hydrogens (tertiary/aromatic N) is 2. The van der Waals surface area contributed by atoms with Crippen LogP contribution in [0.2, 0.25) is 10.0 Å². The van der Waals surface area contributed by atoms with Crippen molar-refractivity contribution >= 4 is 40.6 Å². The van der Waals surface area contributed by atoms with Crippen LogP contribution in [0, 0.1) is 0 Å². The van der Waals surface area contributed by atoms with Gasteiger partial charge in [0.15, 0.2) is 0 Å². The van der Waals surface area contributed by atoms with Crippen LogP contribution in [0.1, 0.15) is 10.5 Å². The van der Waals surface area contributed by atoms with E-state index in [-0.39, 0.29) is 5.69 Å². The molecule has 0 fully saturated rings. The molecule has 0 spiro atoms. The molecule has 0 aliphatic rings. The predicted octanol–water partition coefficient (Wildman–Crippen LogP) is 3.08. The summed E-state index contributed by atoms with van der Waals surface area (Å²) in [4.78, 5) is 20.0. The van der Waals surface area contributed by atoms with E-state index >= 15 is 0 Å². The van der Waals surface area contributed by atoms with Crippen LogP contribution in [0.5, 0.6) is 0 Å². The van der Waals surface area contributed by atoms with E-state index in [1.54, 1.807) is 25.2 Å². The van der Waals surface area contributed by atoms with Crippen molar-refractivity contribution in [1.82, 2.24) is 9.97 Å². The molecule has 0 atom stereocenters. The number of anilines is 2. The number of carbonyl (C=O) groups excluding carboxylic acids is 1. The summed E-state index contributed by atoms with van der Waals surface area (Å²) in [6.45, 7) is 0. The molecule has 0 saturated carbocycles. The topological polar surface area (TPSA) is 66.9 Å². The highest BCUT2D eigenvalue weighted by Gasteiger charge is 2.13. The molecule has 2 aromatic rings. The Morgan fingerprint density at radius 2 is 1.89 bits per heavy atom. The smallest absolute Gasteiger partial charge is 0.276 e. The molecule has 7 heteroatoms. The molecule has 1 heterocycles. The number of amides is 1. The Morgan fingerprint density at radius 3 is 2.53 bits per heavy atom. The molecule has 2 rings (SSSR count). The first kappa shape index (κ1) is 13.6. The molecular weight excluding hydrogens is 287 g/mol. The zero-order chi connectivity index (χ0) is 13.8. The summed E-state index contributed by atoms with van der Waals surface area (Å²) in [5.74, 6) is 0.0671. The van der Waals surface area contributed by atoms with Gasteiger partial charge in [-0.1, -0.05) is 29.3 Å². The lowest BCUT2D eigenvalue weighted by Crippen LogP contribution is -2.15. The summed E-state index contributed by atoms with van der Waals surface area (Å²) in [7, 11) is 1.69. The summed E-state index contributed by atoms with van der Waals surface area (Å²) in [6.07, 6.45) is 2.88. The Bertz CT molecular complexity index is 598. The molecule has 0 saturated heterocycles. The van der Waals surface area contributed by atoms with Crippen LogP contribution in [-0.2, 0) is 0 Å². The summed E-state index contributed by atoms with van der Waals surface area (Å²) in [5.41, 5.74) is 0.523. The molecule has 0 aliphatic carbocycles. The maximum atomic E-state index is 12.0. The van der Waals surface area contributed by atoms with Crippen molar-refractivity contribution in [3.05, 3.63) is 46.3 Å². The summed E-state index contributed by atoms with van der Waals surface area (Å²) >= 11 is 11.9. The summed E-state index contributed by atoms with van der Waals surface area (Å²) < 4.78 is 0. The molecule has 1 aromatic heterocycles. The molecule has 5 nitrogen and oxygen atoms in total. The van der Waals surface area contributed by atoms with E-state index in [4.69, 9.17) is 23.2 Å². The van der Waals surface area contributed by atoms with Crippen LogP contribution >= 0.6 is 23.2 Å². The molecular formula is C12H10Cl2N4O. The highest BCUT2D eigenvalue weighted by Crippen LogP contribution is 2.30. The molecule has 2 N–H and O–H groups in total. The van der Waals surface area contributed by atoms with Gasteiger partial charge in [0.1, 0.15) is 11.5 Å². The van der Waals surface area contributed by atoms with Crippen LogP contribution < -0.4 is 10.6 Å². The molecule has 19 heavy (non-hydrogen) atoms. The van der Waals surface area contributed by atoms with Gasteiger partial charge in [-0.3, -0.25) is 9.78 Å². The van der Waals surface area contributed by atoms with Crippen molar-refractivity contribution in [1.29, 1.82) is 0 Å². The van der Waals surface area contributed by atoms with Crippen LogP contribution in [0.4, 0.5) is 11.5 Å². The Morgan fingerprint density at radius 1 is 1.21 bits per heavy atom. The van der Waals surface area contributed by atoms with Gasteiger partial charge in [0.25, 0.3) is 5.91 Å². The minimum atomic E-state index is -0.431. The standard InChI is InChI=1S/C12H10Cl2N4O/c1-15-10-6-16-5-9(17-10)12(19)18-11-7(13)3-2-4-8(11)14/h2-6H,1H3,(H,15,17)(H,18,19). The summed E-state index contributed by atoms with van der Waals surface area (Å²) in [6, 6.07) is 4.97. The number of rotatable bonds is 3. The number of benzene rings is 1. The Hall–Kier alpha value is -1.85. The molecule has 1 amide bonds. The average Bonchev–Trinajstić information content (AvgIpc) is 2.43. The first-order valence-corrected chi connectivity index (χ1v) is 6.12. The van der Waals surface area contributed by atoms with E-state index in [1.165, 1.54) is 12.4 Å². The van der Waals surface area contributed by atoms with E-state index < -0.39 is 5.91 Å². The van der Waals surface area contributed by atoms with Crippen LogP contribution in [0.3, 0.4) is 0 Å². The SMILES string of the molecule is CNc1cncc(C(=O)Nc2c(Cl)cccc2Cl)n1. The Labute approximate surface area is 120 Å². The lowest BCUT2D eigenvalue weighted by Gasteiger charge is -2.09. The largest absolute Gasteiger partial charge is 0.372 e. The summed E-state index contributed by atoms with van der Waals surface area (Å²) in [5, 5.41) is 6.14. The molecule has 0 aliphatic heterocycles. The number of para-hydroxylation sites is 1. The van der Waals surface area contributed by atoms with Crippen molar-refractivity contribution < 1.29 is 4.79 Å². The van der Waals surface area contributed by atoms with E-state index in [0.717, 1.165) is 0 Å². The fourth-order valence-corrected chi connectivity index (χ4v) is 1.88. The molecule has 1 aromatic carbocycles. The van der Waals surface area contributed by atoms with Gasteiger partial charge in [0, 0.05) is 7.05 Å². The number of carbonyl (C=O) groups is 1. The van der Waals surface area contributed by atoms with Gasteiger partial charge in [-0.2, -0.15) is 0 Å². The van der Waals surface area contributed by atoms with E-state index in [1.807, 2.05) is 0 Å². The van der Waals surface area contributed by atoms with Crippen molar-refractivity contribution in [2.45, 2.75) is 0 Å². The van der Waals surface area contributed by atoms with Crippen LogP contribution in [0.25, 0.3) is 0 Å². The average molecular weight is 297 g/mol. The molecule has 0 unspecified atom stereocenters. The fraction of sp³-hybridized carbons (Fsp3) is 0.0833. The van der Waals surface area contributed by atoms with Gasteiger partial charge in [0.2, 0.25) is 0 Å². The number of aromatic nitrogens is 2. The maximum Gasteiger partial charge on any atom is 0.276 e. The zero-order valence-corrected chi connectivity index (χ0v) is 11.5. The monoisotopic (exact) mass is 296 g/mol. The van der Waals surface area contributed by atoms with Gasteiger partial charge >= 0.3 is 0 Å². The second-order valence-electron chi connectivity index (χ2n) is 3.59. The maximum absolute atomic E-state index is 12.0. The van der Waals surface area contributed by atoms with Gasteiger partial charge in [-0.15, -0.1) is 0 Å². The Balaban J connectivity index is 2.25. The highest BCUT2D eigenvalue weighted by molar-refractivity contribution is 6.39. The van der Waals surface area contributed by atoms with Crippen molar-refractivity contribution in [3.8, 4) is 0 Å². The van der Waals surface area contributed by atoms with E-state index in [0.29, 0.717) is 21.6 Å². The van der Waals surface area contributed by atoms with Crippen LogP contribution in [-0.4, -0.2) is 22.9 Å². The van der Waals surface area contributed by atoms with Crippen molar-refractivity contribution in [3.63, 3.8) is 0 Å². The number of hydrogen-bond donors (Lipinski definition) is 2. The minimum absolute atomic E-state index is 0.169. The second kappa shape index (κ2) is 5.86. The highest BCUT2D eigenvalue weighted by atomic mass is 35.5. The van der Waals surface area contributed by atoms with Crippen molar-refractivity contribution in [2.24, 2.45) is 0 Å². The quantitative estimate of drug-likeness (QED) is 0.913. The number of nitrogens with one attached hydrogen (secondary N) is 2. The normalized spacial score (nSPS) is 10.1. The van der Waals surface area contributed by atoms with Gasteiger partial charge in [-0.05, 0) is 12.1 Å². The first-order chi connectivity index (χ1) is 9.11. The third kappa shape index (κ3) is 3.13. The van der Waals surface area contributed by atoms with Gasteiger partial charge in [0.05, 0.1) is 28.1 Å². The van der Waals surface area contributed by atoms with Gasteiger partial charge < -0.3 is 10.6 Å². The van der Waals surface area contributed by atoms with Crippen molar-refractivity contribution in [2.75, 3.05) is 17.7 Å². The minimum Gasteiger partial charge on any atom is -0.372 e. The predicted molar refractivity (Wildman–Crippen MR) is 76.0 cm³/mol. The number of hydrogen-bond acceptors (Lipinski definition) is 4. The van der Waals surface area contributed by atoms with Crippen LogP contribution in [0.15, 0.2) is 30.6 Å². The third-order valence-corrected chi connectivity index (χ3v) is 2.95. The van der Waals surface area contributed by atoms with Gasteiger partial charge in [-0.25, -0.2) is 4.98 Å². The first-order valence-electron chi connectivity index (χ1n) is 5.37. The molecule has 0 radical (unpaired) electrons. The lowest BCUT2D eigenvalue weighted by molar-refractivity contribution is 0.102. The zero-order valence-electron chi connectivity index (χ0n) is 9.95. The molecule has 98 valence electrons. The lowest BCUT2D eigenvalue weighted by atomic mass is 10.3. The molecule has 0 bridgehead atoms. The third-order valence-electron chi connectivity index (χ3n) is 2.32. The Kier molecular flexibility index (Phi) is 4.19. The fourth-order valence-electron chi connectivity index (χ4n) is 1.39. The van der Waals surface area contributed by atoms with E-state index in [2.05, 4.69) is 20.6 Å². The van der Waals surface area contributed by atoms with E-state index in [9.17, 15) is 4.79 Å². The number of halogens is 2. The second-order valence-corrected chi connectivity index (χ2v) is 4.40.